The highest BCUT2D eigenvalue weighted by Crippen LogP contribution is 2.13. The number of nitrogens with one attached hydrogen (secondary N) is 1. The van der Waals surface area contributed by atoms with Crippen LogP contribution in [-0.4, -0.2) is 60.0 Å². The average Bonchev–Trinajstić information content (AvgIpc) is 2.79. The third-order valence-electron chi connectivity index (χ3n) is 3.65. The quantitative estimate of drug-likeness (QED) is 0.829. The Morgan fingerprint density at radius 1 is 1.33 bits per heavy atom. The number of hydrogen-bond donors (Lipinski definition) is 1. The van der Waals surface area contributed by atoms with E-state index in [1.54, 1.807) is 30.9 Å². The van der Waals surface area contributed by atoms with Crippen molar-refractivity contribution in [2.24, 2.45) is 7.05 Å². The van der Waals surface area contributed by atoms with Crippen molar-refractivity contribution in [3.05, 3.63) is 23.5 Å². The minimum Gasteiger partial charge on any atom is -0.373 e. The van der Waals surface area contributed by atoms with Crippen LogP contribution in [0.2, 0.25) is 0 Å². The van der Waals surface area contributed by atoms with Gasteiger partial charge in [-0.2, -0.15) is 0 Å². The van der Waals surface area contributed by atoms with Crippen LogP contribution in [0.25, 0.3) is 0 Å². The van der Waals surface area contributed by atoms with Crippen molar-refractivity contribution in [2.75, 3.05) is 26.7 Å². The van der Waals surface area contributed by atoms with E-state index < -0.39 is 0 Å². The second-order valence-electron chi connectivity index (χ2n) is 5.68. The number of amides is 1. The van der Waals surface area contributed by atoms with Gasteiger partial charge in [0.05, 0.1) is 18.8 Å². The van der Waals surface area contributed by atoms with Gasteiger partial charge in [0.1, 0.15) is 5.69 Å². The summed E-state index contributed by atoms with van der Waals surface area (Å²) in [6.45, 7) is 5.89. The topological polar surface area (TPSA) is 63.6 Å². The standard InChI is InChI=1S/C15H23N3O3/c1-10-6-18(7-11(2)21-10)9-14(19)12-5-13(15(20)16-3)17(4)8-12/h5,8,10-11H,6-7,9H2,1-4H3,(H,16,20)/t10-,11-/m1/s1. The van der Waals surface area contributed by atoms with Gasteiger partial charge < -0.3 is 14.6 Å². The van der Waals surface area contributed by atoms with E-state index in [1.807, 2.05) is 13.8 Å². The molecule has 1 fully saturated rings. The fourth-order valence-corrected chi connectivity index (χ4v) is 2.78. The van der Waals surface area contributed by atoms with Gasteiger partial charge in [-0.3, -0.25) is 14.5 Å². The smallest absolute Gasteiger partial charge is 0.267 e. The molecular formula is C15H23N3O3. The molecule has 1 aromatic heterocycles. The molecule has 0 bridgehead atoms. The van der Waals surface area contributed by atoms with E-state index in [0.717, 1.165) is 13.1 Å². The molecule has 2 rings (SSSR count). The van der Waals surface area contributed by atoms with Crippen molar-refractivity contribution in [3.8, 4) is 0 Å². The monoisotopic (exact) mass is 293 g/mol. The number of Topliss-reactive ketones (excluding diaryl/α,β-unsaturated/α-hetero) is 1. The summed E-state index contributed by atoms with van der Waals surface area (Å²) in [5.74, 6) is -0.160. The first-order chi connectivity index (χ1) is 9.90. The van der Waals surface area contributed by atoms with E-state index in [9.17, 15) is 9.59 Å². The van der Waals surface area contributed by atoms with E-state index in [1.165, 1.54) is 0 Å². The number of carbonyl (C=O) groups excluding carboxylic acids is 2. The maximum Gasteiger partial charge on any atom is 0.267 e. The third-order valence-corrected chi connectivity index (χ3v) is 3.65. The summed E-state index contributed by atoms with van der Waals surface area (Å²) in [5.41, 5.74) is 1.06. The molecular weight excluding hydrogens is 270 g/mol. The molecule has 21 heavy (non-hydrogen) atoms. The maximum atomic E-state index is 12.4. The number of morpholine rings is 1. The number of aryl methyl sites for hydroxylation is 1. The molecule has 6 nitrogen and oxygen atoms in total. The van der Waals surface area contributed by atoms with Crippen LogP contribution in [0, 0.1) is 0 Å². The van der Waals surface area contributed by atoms with Crippen molar-refractivity contribution in [1.82, 2.24) is 14.8 Å². The summed E-state index contributed by atoms with van der Waals surface area (Å²) in [6.07, 6.45) is 1.98. The minimum absolute atomic E-state index is 0.0297. The van der Waals surface area contributed by atoms with Crippen LogP contribution in [0.5, 0.6) is 0 Å². The Morgan fingerprint density at radius 2 is 1.95 bits per heavy atom. The zero-order valence-corrected chi connectivity index (χ0v) is 13.0. The Morgan fingerprint density at radius 3 is 2.52 bits per heavy atom. The number of rotatable bonds is 4. The third kappa shape index (κ3) is 3.71. The Hall–Kier alpha value is -1.66. The number of nitrogens with zero attached hydrogens (tertiary/aromatic N) is 2. The van der Waals surface area contributed by atoms with Gasteiger partial charge in [0, 0.05) is 38.9 Å². The second-order valence-corrected chi connectivity index (χ2v) is 5.68. The maximum absolute atomic E-state index is 12.4. The minimum atomic E-state index is -0.190. The number of hydrogen-bond acceptors (Lipinski definition) is 4. The highest BCUT2D eigenvalue weighted by molar-refractivity contribution is 6.01. The number of aromatic nitrogens is 1. The average molecular weight is 293 g/mol. The summed E-state index contributed by atoms with van der Waals surface area (Å²) in [7, 11) is 3.34. The lowest BCUT2D eigenvalue weighted by Crippen LogP contribution is -2.47. The molecule has 2 atom stereocenters. The van der Waals surface area contributed by atoms with E-state index in [0.29, 0.717) is 17.8 Å². The largest absolute Gasteiger partial charge is 0.373 e. The number of ether oxygens (including phenoxy) is 1. The van der Waals surface area contributed by atoms with Crippen LogP contribution in [0.4, 0.5) is 0 Å². The predicted octanol–water partition coefficient (Wildman–Crippen LogP) is 0.677. The van der Waals surface area contributed by atoms with Crippen LogP contribution in [0.15, 0.2) is 12.3 Å². The van der Waals surface area contributed by atoms with Gasteiger partial charge in [0.25, 0.3) is 5.91 Å². The number of ketones is 1. The number of carbonyl (C=O) groups is 2. The molecule has 0 spiro atoms. The summed E-state index contributed by atoms with van der Waals surface area (Å²) < 4.78 is 7.34. The Labute approximate surface area is 125 Å². The molecule has 2 heterocycles. The van der Waals surface area contributed by atoms with Crippen LogP contribution in [0.1, 0.15) is 34.7 Å². The van der Waals surface area contributed by atoms with Gasteiger partial charge in [-0.15, -0.1) is 0 Å². The normalized spacial score (nSPS) is 23.0. The zero-order valence-electron chi connectivity index (χ0n) is 13.0. The van der Waals surface area contributed by atoms with Crippen molar-refractivity contribution < 1.29 is 14.3 Å². The van der Waals surface area contributed by atoms with Gasteiger partial charge in [-0.1, -0.05) is 0 Å². The Kier molecular flexibility index (Phi) is 4.80. The van der Waals surface area contributed by atoms with Crippen LogP contribution in [0.3, 0.4) is 0 Å². The highest BCUT2D eigenvalue weighted by atomic mass is 16.5. The summed E-state index contributed by atoms with van der Waals surface area (Å²) in [5, 5.41) is 2.57. The second kappa shape index (κ2) is 6.41. The molecule has 0 unspecified atom stereocenters. The molecule has 0 aromatic carbocycles. The summed E-state index contributed by atoms with van der Waals surface area (Å²) in [6, 6.07) is 1.65. The lowest BCUT2D eigenvalue weighted by atomic mass is 10.1. The zero-order chi connectivity index (χ0) is 15.6. The Bertz CT molecular complexity index is 528. The fraction of sp³-hybridized carbons (Fsp3) is 0.600. The molecule has 1 N–H and O–H groups in total. The fourth-order valence-electron chi connectivity index (χ4n) is 2.78. The van der Waals surface area contributed by atoms with Gasteiger partial charge >= 0.3 is 0 Å². The molecule has 1 aromatic rings. The predicted molar refractivity (Wildman–Crippen MR) is 79.6 cm³/mol. The molecule has 6 heteroatoms. The van der Waals surface area contributed by atoms with Gasteiger partial charge in [0.15, 0.2) is 5.78 Å². The van der Waals surface area contributed by atoms with Gasteiger partial charge in [-0.25, -0.2) is 0 Å². The van der Waals surface area contributed by atoms with Crippen LogP contribution in [-0.2, 0) is 11.8 Å². The first-order valence-electron chi connectivity index (χ1n) is 7.20. The van der Waals surface area contributed by atoms with Crippen molar-refractivity contribution in [2.45, 2.75) is 26.1 Å². The van der Waals surface area contributed by atoms with E-state index in [4.69, 9.17) is 4.74 Å². The van der Waals surface area contributed by atoms with Crippen LogP contribution >= 0.6 is 0 Å². The SMILES string of the molecule is CNC(=O)c1cc(C(=O)CN2C[C@@H](C)O[C@H](C)C2)cn1C. The van der Waals surface area contributed by atoms with E-state index in [2.05, 4.69) is 10.2 Å². The van der Waals surface area contributed by atoms with Crippen molar-refractivity contribution in [1.29, 1.82) is 0 Å². The first-order valence-corrected chi connectivity index (χ1v) is 7.20. The molecule has 0 saturated carbocycles. The molecule has 1 aliphatic rings. The molecule has 1 amide bonds. The summed E-state index contributed by atoms with van der Waals surface area (Å²) >= 11 is 0. The lowest BCUT2D eigenvalue weighted by molar-refractivity contribution is -0.0652. The molecule has 0 aliphatic carbocycles. The van der Waals surface area contributed by atoms with E-state index >= 15 is 0 Å². The van der Waals surface area contributed by atoms with E-state index in [-0.39, 0.29) is 23.9 Å². The van der Waals surface area contributed by atoms with Crippen molar-refractivity contribution in [3.63, 3.8) is 0 Å². The lowest BCUT2D eigenvalue weighted by Gasteiger charge is -2.34. The van der Waals surface area contributed by atoms with Gasteiger partial charge in [0.2, 0.25) is 0 Å². The molecule has 116 valence electrons. The highest BCUT2D eigenvalue weighted by Gasteiger charge is 2.24. The first kappa shape index (κ1) is 15.7. The summed E-state index contributed by atoms with van der Waals surface area (Å²) in [4.78, 5) is 26.2. The van der Waals surface area contributed by atoms with Crippen LogP contribution < -0.4 is 5.32 Å². The molecule has 1 aliphatic heterocycles. The molecule has 1 saturated heterocycles. The molecule has 0 radical (unpaired) electrons. The Balaban J connectivity index is 2.05. The van der Waals surface area contributed by atoms with Gasteiger partial charge in [-0.05, 0) is 19.9 Å². The van der Waals surface area contributed by atoms with Crippen molar-refractivity contribution >= 4 is 11.7 Å².